The van der Waals surface area contributed by atoms with E-state index >= 15 is 0 Å². The highest BCUT2D eigenvalue weighted by atomic mass is 19.4. The van der Waals surface area contributed by atoms with Crippen molar-refractivity contribution in [2.24, 2.45) is 0 Å². The van der Waals surface area contributed by atoms with Crippen molar-refractivity contribution >= 4 is 11.8 Å². The van der Waals surface area contributed by atoms with E-state index in [0.717, 1.165) is 18.2 Å². The molecule has 15 heavy (non-hydrogen) atoms. The first-order valence-corrected chi connectivity index (χ1v) is 3.88. The molecule has 0 bridgehead atoms. The molecule has 0 radical (unpaired) electrons. The molecule has 0 N–H and O–H groups in total. The molecule has 6 heteroatoms. The van der Waals surface area contributed by atoms with E-state index in [1.807, 2.05) is 0 Å². The lowest BCUT2D eigenvalue weighted by molar-refractivity contribution is -0.140. The van der Waals surface area contributed by atoms with E-state index in [1.165, 1.54) is 0 Å². The fourth-order valence-corrected chi connectivity index (χ4v) is 1.30. The molecule has 1 aromatic carbocycles. The van der Waals surface area contributed by atoms with E-state index in [1.54, 1.807) is 0 Å². The molecule has 1 aliphatic heterocycles. The normalized spacial score (nSPS) is 15.1. The molecular formula is C9H3F3O3. The first-order valence-electron chi connectivity index (χ1n) is 3.88. The van der Waals surface area contributed by atoms with E-state index < -0.39 is 29.2 Å². The average molecular weight is 216 g/mol. The molecule has 0 saturated heterocycles. The van der Waals surface area contributed by atoms with Gasteiger partial charge in [0.05, 0.1) is 11.1 Å². The summed E-state index contributed by atoms with van der Waals surface area (Å²) in [6.45, 7) is 0. The summed E-state index contributed by atoms with van der Waals surface area (Å²) in [5.74, 6) is -3.02. The number of esters is 1. The van der Waals surface area contributed by atoms with Crippen LogP contribution in [0.3, 0.4) is 0 Å². The van der Waals surface area contributed by atoms with E-state index in [9.17, 15) is 22.8 Å². The number of rotatable bonds is 0. The van der Waals surface area contributed by atoms with Gasteiger partial charge < -0.3 is 4.74 Å². The Kier molecular flexibility index (Phi) is 1.82. The minimum Gasteiger partial charge on any atom is -0.419 e. The molecule has 0 spiro atoms. The van der Waals surface area contributed by atoms with Crippen molar-refractivity contribution in [3.63, 3.8) is 0 Å². The molecule has 2 rings (SSSR count). The van der Waals surface area contributed by atoms with E-state index in [0.29, 0.717) is 0 Å². The monoisotopic (exact) mass is 216 g/mol. The molecule has 78 valence electrons. The molecule has 0 aromatic heterocycles. The van der Waals surface area contributed by atoms with Gasteiger partial charge in [-0.3, -0.25) is 4.79 Å². The molecule has 0 amide bonds. The second-order valence-electron chi connectivity index (χ2n) is 2.90. The van der Waals surface area contributed by atoms with Crippen LogP contribution in [0.2, 0.25) is 0 Å². The molecule has 1 aliphatic rings. The predicted molar refractivity (Wildman–Crippen MR) is 41.4 cm³/mol. The van der Waals surface area contributed by atoms with Gasteiger partial charge in [-0.1, -0.05) is 6.07 Å². The third-order valence-corrected chi connectivity index (χ3v) is 1.95. The van der Waals surface area contributed by atoms with Crippen molar-refractivity contribution in [1.29, 1.82) is 0 Å². The Balaban J connectivity index is 2.65. The number of hydrogen-bond donors (Lipinski definition) is 0. The van der Waals surface area contributed by atoms with Crippen LogP contribution < -0.4 is 4.74 Å². The lowest BCUT2D eigenvalue weighted by atomic mass is 10.1. The smallest absolute Gasteiger partial charge is 0.419 e. The zero-order chi connectivity index (χ0) is 11.2. The molecule has 1 aromatic rings. The molecule has 0 atom stereocenters. The number of Topliss-reactive ketones (excluding diaryl/α,β-unsaturated/α-hetero) is 1. The summed E-state index contributed by atoms with van der Waals surface area (Å²) in [6.07, 6.45) is -4.64. The van der Waals surface area contributed by atoms with Gasteiger partial charge in [0, 0.05) is 0 Å². The highest BCUT2D eigenvalue weighted by molar-refractivity contribution is 6.44. The van der Waals surface area contributed by atoms with Crippen LogP contribution in [-0.2, 0) is 11.0 Å². The van der Waals surface area contributed by atoms with Gasteiger partial charge in [0.25, 0.3) is 5.78 Å². The number of ketones is 1. The van der Waals surface area contributed by atoms with E-state index in [2.05, 4.69) is 4.74 Å². The maximum absolute atomic E-state index is 12.4. The van der Waals surface area contributed by atoms with Gasteiger partial charge in [-0.2, -0.15) is 13.2 Å². The van der Waals surface area contributed by atoms with Crippen molar-refractivity contribution in [3.8, 4) is 5.75 Å². The van der Waals surface area contributed by atoms with E-state index in [-0.39, 0.29) is 5.56 Å². The Morgan fingerprint density at radius 3 is 2.40 bits per heavy atom. The van der Waals surface area contributed by atoms with Crippen molar-refractivity contribution < 1.29 is 27.5 Å². The van der Waals surface area contributed by atoms with Crippen LogP contribution >= 0.6 is 0 Å². The van der Waals surface area contributed by atoms with Crippen molar-refractivity contribution in [2.45, 2.75) is 6.18 Å². The van der Waals surface area contributed by atoms with Crippen LogP contribution in [0.15, 0.2) is 18.2 Å². The second-order valence-corrected chi connectivity index (χ2v) is 2.90. The molecule has 0 unspecified atom stereocenters. The fraction of sp³-hybridized carbons (Fsp3) is 0.111. The molecule has 0 aliphatic carbocycles. The van der Waals surface area contributed by atoms with Gasteiger partial charge in [0.1, 0.15) is 0 Å². The van der Waals surface area contributed by atoms with Crippen LogP contribution in [0.25, 0.3) is 0 Å². The number of carbonyl (C=O) groups is 2. The highest BCUT2D eigenvalue weighted by Gasteiger charge is 2.41. The molecular weight excluding hydrogens is 213 g/mol. The van der Waals surface area contributed by atoms with Gasteiger partial charge >= 0.3 is 12.1 Å². The van der Waals surface area contributed by atoms with Gasteiger partial charge in [-0.15, -0.1) is 0 Å². The summed E-state index contributed by atoms with van der Waals surface area (Å²) in [5, 5.41) is 0. The molecule has 0 fully saturated rings. The number of alkyl halides is 3. The minimum atomic E-state index is -4.64. The Morgan fingerprint density at radius 1 is 1.13 bits per heavy atom. The van der Waals surface area contributed by atoms with Crippen LogP contribution in [0.1, 0.15) is 15.9 Å². The van der Waals surface area contributed by atoms with E-state index in [4.69, 9.17) is 0 Å². The second kappa shape index (κ2) is 2.82. The topological polar surface area (TPSA) is 43.4 Å². The van der Waals surface area contributed by atoms with Crippen LogP contribution in [0.5, 0.6) is 5.75 Å². The van der Waals surface area contributed by atoms with Crippen molar-refractivity contribution in [1.82, 2.24) is 0 Å². The van der Waals surface area contributed by atoms with Gasteiger partial charge in [-0.25, -0.2) is 4.79 Å². The summed E-state index contributed by atoms with van der Waals surface area (Å²) < 4.78 is 41.5. The number of halogens is 3. The molecule has 1 heterocycles. The Labute approximate surface area is 81.5 Å². The summed E-state index contributed by atoms with van der Waals surface area (Å²) in [7, 11) is 0. The average Bonchev–Trinajstić information content (AvgIpc) is 2.41. The van der Waals surface area contributed by atoms with Crippen molar-refractivity contribution in [3.05, 3.63) is 29.3 Å². The lowest BCUT2D eigenvalue weighted by Crippen LogP contribution is -2.11. The van der Waals surface area contributed by atoms with Crippen molar-refractivity contribution in [2.75, 3.05) is 0 Å². The summed E-state index contributed by atoms with van der Waals surface area (Å²) in [6, 6.07) is 2.93. The maximum Gasteiger partial charge on any atom is 0.420 e. The van der Waals surface area contributed by atoms with Gasteiger partial charge in [-0.05, 0) is 12.1 Å². The largest absolute Gasteiger partial charge is 0.420 e. The highest BCUT2D eigenvalue weighted by Crippen LogP contribution is 2.40. The minimum absolute atomic E-state index is 0.338. The van der Waals surface area contributed by atoms with Gasteiger partial charge in [0.15, 0.2) is 5.75 Å². The Morgan fingerprint density at radius 2 is 1.80 bits per heavy atom. The third kappa shape index (κ3) is 1.38. The number of hydrogen-bond acceptors (Lipinski definition) is 3. The summed E-state index contributed by atoms with van der Waals surface area (Å²) in [4.78, 5) is 21.8. The first-order chi connectivity index (χ1) is 6.91. The third-order valence-electron chi connectivity index (χ3n) is 1.95. The number of benzene rings is 1. The van der Waals surface area contributed by atoms with Crippen LogP contribution in [0.4, 0.5) is 13.2 Å². The lowest BCUT2D eigenvalue weighted by Gasteiger charge is -2.08. The van der Waals surface area contributed by atoms with Crippen LogP contribution in [0, 0.1) is 0 Å². The standard InChI is InChI=1S/C9H3F3O3/c10-9(11,12)5-3-1-2-4-6(13)8(14)15-7(4)5/h1-3H. The molecule has 3 nitrogen and oxygen atoms in total. The molecule has 0 saturated carbocycles. The fourth-order valence-electron chi connectivity index (χ4n) is 1.30. The Bertz CT molecular complexity index is 462. The predicted octanol–water partition coefficient (Wildman–Crippen LogP) is 1.81. The SMILES string of the molecule is O=C1Oc2c(cccc2C(F)(F)F)C1=O. The van der Waals surface area contributed by atoms with Crippen LogP contribution in [-0.4, -0.2) is 11.8 Å². The number of carbonyl (C=O) groups excluding carboxylic acids is 2. The quantitative estimate of drug-likeness (QED) is 0.377. The number of ether oxygens (including phenoxy) is 1. The Hall–Kier alpha value is -1.85. The zero-order valence-electron chi connectivity index (χ0n) is 7.09. The zero-order valence-corrected chi connectivity index (χ0v) is 7.09. The summed E-state index contributed by atoms with van der Waals surface area (Å²) in [5.41, 5.74) is -1.45. The number of para-hydroxylation sites is 1. The first kappa shape index (κ1) is 9.70. The number of fused-ring (bicyclic) bond motifs is 1. The van der Waals surface area contributed by atoms with Gasteiger partial charge in [0.2, 0.25) is 0 Å². The maximum atomic E-state index is 12.4. The summed E-state index contributed by atoms with van der Waals surface area (Å²) >= 11 is 0.